The number of nitrogens with one attached hydrogen (secondary N) is 1. The molecule has 3 aliphatic heterocycles. The van der Waals surface area contributed by atoms with Crippen molar-refractivity contribution in [2.45, 2.75) is 64.0 Å². The van der Waals surface area contributed by atoms with Crippen LogP contribution in [0.2, 0.25) is 0 Å². The van der Waals surface area contributed by atoms with Crippen LogP contribution in [0.4, 0.5) is 0 Å². The van der Waals surface area contributed by atoms with Crippen molar-refractivity contribution in [1.82, 2.24) is 34.5 Å². The first-order valence-electron chi connectivity index (χ1n) is 10.8. The standard InChI is InChI=1S/C20H29N7O/c28-20(16-14-26-13-9-21-8-5-17(26)22-16)25-11-6-15(7-12-25)19-24-23-18-4-2-1-3-10-27(18)19/h14-15,21H,1-13H2. The van der Waals surface area contributed by atoms with Gasteiger partial charge in [-0.2, -0.15) is 0 Å². The molecule has 0 radical (unpaired) electrons. The molecule has 1 saturated heterocycles. The maximum atomic E-state index is 13.0. The van der Waals surface area contributed by atoms with E-state index in [-0.39, 0.29) is 5.91 Å². The zero-order valence-electron chi connectivity index (χ0n) is 16.4. The van der Waals surface area contributed by atoms with E-state index in [4.69, 9.17) is 0 Å². The maximum Gasteiger partial charge on any atom is 0.274 e. The number of aryl methyl sites for hydroxylation is 1. The number of amides is 1. The monoisotopic (exact) mass is 383 g/mol. The summed E-state index contributed by atoms with van der Waals surface area (Å²) < 4.78 is 4.49. The number of aromatic nitrogens is 5. The van der Waals surface area contributed by atoms with Crippen LogP contribution in [0.5, 0.6) is 0 Å². The van der Waals surface area contributed by atoms with Gasteiger partial charge in [0.05, 0.1) is 0 Å². The molecule has 1 amide bonds. The average molecular weight is 384 g/mol. The van der Waals surface area contributed by atoms with Crippen molar-refractivity contribution >= 4 is 5.91 Å². The molecule has 0 atom stereocenters. The first-order chi connectivity index (χ1) is 13.8. The Morgan fingerprint density at radius 1 is 0.964 bits per heavy atom. The van der Waals surface area contributed by atoms with Gasteiger partial charge in [0.25, 0.3) is 5.91 Å². The summed E-state index contributed by atoms with van der Waals surface area (Å²) in [6, 6.07) is 0. The second-order valence-electron chi connectivity index (χ2n) is 8.24. The van der Waals surface area contributed by atoms with Gasteiger partial charge in [0.2, 0.25) is 0 Å². The van der Waals surface area contributed by atoms with Crippen molar-refractivity contribution in [2.75, 3.05) is 26.2 Å². The van der Waals surface area contributed by atoms with Crippen LogP contribution in [0.1, 0.15) is 66.0 Å². The number of fused-ring (bicyclic) bond motifs is 2. The van der Waals surface area contributed by atoms with E-state index in [0.717, 1.165) is 82.4 Å². The molecule has 0 unspecified atom stereocenters. The maximum absolute atomic E-state index is 13.0. The van der Waals surface area contributed by atoms with Gasteiger partial charge in [0.1, 0.15) is 23.2 Å². The molecule has 0 aromatic carbocycles. The highest BCUT2D eigenvalue weighted by Crippen LogP contribution is 2.29. The molecule has 8 heteroatoms. The van der Waals surface area contributed by atoms with Crippen molar-refractivity contribution < 1.29 is 4.79 Å². The van der Waals surface area contributed by atoms with Gasteiger partial charge in [-0.25, -0.2) is 4.98 Å². The summed E-state index contributed by atoms with van der Waals surface area (Å²) in [5, 5.41) is 12.4. The van der Waals surface area contributed by atoms with Crippen LogP contribution in [-0.4, -0.2) is 61.3 Å². The third-order valence-corrected chi connectivity index (χ3v) is 6.42. The van der Waals surface area contributed by atoms with Gasteiger partial charge < -0.3 is 19.4 Å². The minimum Gasteiger partial charge on any atom is -0.337 e. The number of rotatable bonds is 2. The van der Waals surface area contributed by atoms with Crippen LogP contribution in [-0.2, 0) is 25.9 Å². The quantitative estimate of drug-likeness (QED) is 0.847. The smallest absolute Gasteiger partial charge is 0.274 e. The van der Waals surface area contributed by atoms with Crippen LogP contribution in [0, 0.1) is 0 Å². The second-order valence-corrected chi connectivity index (χ2v) is 8.24. The van der Waals surface area contributed by atoms with Crippen molar-refractivity contribution in [3.05, 3.63) is 29.4 Å². The third kappa shape index (κ3) is 3.34. The number of piperidine rings is 1. The molecule has 1 N–H and O–H groups in total. The summed E-state index contributed by atoms with van der Waals surface area (Å²) in [6.45, 7) is 5.34. The summed E-state index contributed by atoms with van der Waals surface area (Å²) in [6.07, 6.45) is 9.50. The van der Waals surface area contributed by atoms with Crippen molar-refractivity contribution in [3.8, 4) is 0 Å². The Labute approximate surface area is 165 Å². The van der Waals surface area contributed by atoms with Crippen LogP contribution in [0.3, 0.4) is 0 Å². The van der Waals surface area contributed by atoms with Gasteiger partial charge in [0, 0.05) is 64.2 Å². The predicted octanol–water partition coefficient (Wildman–Crippen LogP) is 1.37. The topological polar surface area (TPSA) is 80.9 Å². The highest BCUT2D eigenvalue weighted by molar-refractivity contribution is 5.92. The molecule has 8 nitrogen and oxygen atoms in total. The Kier molecular flexibility index (Phi) is 4.88. The number of carbonyl (C=O) groups excluding carboxylic acids is 1. The normalized spacial score (nSPS) is 20.9. The molecule has 0 aliphatic carbocycles. The number of carbonyl (C=O) groups is 1. The van der Waals surface area contributed by atoms with Crippen molar-refractivity contribution in [2.24, 2.45) is 0 Å². The minimum atomic E-state index is 0.0760. The van der Waals surface area contributed by atoms with E-state index in [1.807, 2.05) is 11.1 Å². The summed E-state index contributed by atoms with van der Waals surface area (Å²) in [5.41, 5.74) is 0.603. The van der Waals surface area contributed by atoms with Crippen LogP contribution in [0.15, 0.2) is 6.20 Å². The zero-order valence-corrected chi connectivity index (χ0v) is 16.4. The Bertz CT molecular complexity index is 823. The average Bonchev–Trinajstić information content (AvgIpc) is 3.15. The van der Waals surface area contributed by atoms with Crippen LogP contribution in [0.25, 0.3) is 0 Å². The lowest BCUT2D eigenvalue weighted by atomic mass is 9.95. The van der Waals surface area contributed by atoms with Gasteiger partial charge in [-0.1, -0.05) is 6.42 Å². The Hall–Kier alpha value is -2.22. The van der Waals surface area contributed by atoms with Gasteiger partial charge >= 0.3 is 0 Å². The van der Waals surface area contributed by atoms with Crippen LogP contribution >= 0.6 is 0 Å². The number of likely N-dealkylation sites (tertiary alicyclic amines) is 1. The third-order valence-electron chi connectivity index (χ3n) is 6.42. The summed E-state index contributed by atoms with van der Waals surface area (Å²) in [4.78, 5) is 19.6. The Balaban J connectivity index is 1.25. The highest BCUT2D eigenvalue weighted by Gasteiger charge is 2.30. The molecule has 5 heterocycles. The lowest BCUT2D eigenvalue weighted by molar-refractivity contribution is 0.0704. The molecular formula is C20H29N7O. The van der Waals surface area contributed by atoms with Crippen molar-refractivity contribution in [3.63, 3.8) is 0 Å². The van der Waals surface area contributed by atoms with E-state index in [9.17, 15) is 4.79 Å². The van der Waals surface area contributed by atoms with E-state index in [0.29, 0.717) is 11.6 Å². The van der Waals surface area contributed by atoms with E-state index in [1.54, 1.807) is 0 Å². The fraction of sp³-hybridized carbons (Fsp3) is 0.700. The first-order valence-corrected chi connectivity index (χ1v) is 10.8. The number of hydrogen-bond donors (Lipinski definition) is 1. The molecule has 3 aliphatic rings. The molecule has 0 bridgehead atoms. The van der Waals surface area contributed by atoms with Crippen molar-refractivity contribution in [1.29, 1.82) is 0 Å². The highest BCUT2D eigenvalue weighted by atomic mass is 16.2. The molecule has 0 spiro atoms. The second kappa shape index (κ2) is 7.66. The van der Waals surface area contributed by atoms with E-state index < -0.39 is 0 Å². The fourth-order valence-electron chi connectivity index (χ4n) is 4.79. The molecule has 1 fully saturated rings. The largest absolute Gasteiger partial charge is 0.337 e. The minimum absolute atomic E-state index is 0.0760. The summed E-state index contributed by atoms with van der Waals surface area (Å²) in [7, 11) is 0. The Morgan fingerprint density at radius 2 is 1.86 bits per heavy atom. The predicted molar refractivity (Wildman–Crippen MR) is 104 cm³/mol. The van der Waals surface area contributed by atoms with Crippen LogP contribution < -0.4 is 5.32 Å². The van der Waals surface area contributed by atoms with Gasteiger partial charge in [-0.05, 0) is 25.7 Å². The lowest BCUT2D eigenvalue weighted by Crippen LogP contribution is -2.38. The first kappa shape index (κ1) is 17.8. The molecule has 2 aromatic heterocycles. The lowest BCUT2D eigenvalue weighted by Gasteiger charge is -2.31. The van der Waals surface area contributed by atoms with E-state index in [2.05, 4.69) is 29.6 Å². The number of imidazole rings is 1. The zero-order chi connectivity index (χ0) is 18.9. The van der Waals surface area contributed by atoms with Gasteiger partial charge in [-0.15, -0.1) is 10.2 Å². The molecule has 5 rings (SSSR count). The van der Waals surface area contributed by atoms with Gasteiger partial charge in [-0.3, -0.25) is 4.79 Å². The molecular weight excluding hydrogens is 354 g/mol. The van der Waals surface area contributed by atoms with E-state index >= 15 is 0 Å². The number of hydrogen-bond acceptors (Lipinski definition) is 5. The Morgan fingerprint density at radius 3 is 2.75 bits per heavy atom. The molecule has 28 heavy (non-hydrogen) atoms. The summed E-state index contributed by atoms with van der Waals surface area (Å²) in [5.74, 6) is 3.81. The SMILES string of the molecule is O=C(c1cn2c(n1)CCNCC2)N1CCC(c2nnc3n2CCCCC3)CC1. The molecule has 0 saturated carbocycles. The van der Waals surface area contributed by atoms with Gasteiger partial charge in [0.15, 0.2) is 0 Å². The molecule has 2 aromatic rings. The van der Waals surface area contributed by atoms with E-state index in [1.165, 1.54) is 19.3 Å². The fourth-order valence-corrected chi connectivity index (χ4v) is 4.79. The molecule has 150 valence electrons. The number of nitrogens with zero attached hydrogens (tertiary/aromatic N) is 6. The summed E-state index contributed by atoms with van der Waals surface area (Å²) >= 11 is 0.